The zero-order valence-electron chi connectivity index (χ0n) is 10.9. The number of phenols is 1. The molecule has 2 aromatic rings. The van der Waals surface area contributed by atoms with Gasteiger partial charge in [-0.05, 0) is 70.6 Å². The molecule has 20 heavy (non-hydrogen) atoms. The predicted molar refractivity (Wildman–Crippen MR) is 81.5 cm³/mol. The molecule has 0 aromatic heterocycles. The SMILES string of the molecule is Oc1ccc2c(c1)C(Nc1c(F)cccc1Br)CCC2. The van der Waals surface area contributed by atoms with Crippen LogP contribution >= 0.6 is 15.9 Å². The van der Waals surface area contributed by atoms with Crippen LogP contribution in [0.15, 0.2) is 40.9 Å². The summed E-state index contributed by atoms with van der Waals surface area (Å²) in [5, 5.41) is 12.9. The van der Waals surface area contributed by atoms with Crippen LogP contribution in [-0.2, 0) is 6.42 Å². The van der Waals surface area contributed by atoms with E-state index in [1.54, 1.807) is 18.2 Å². The Hall–Kier alpha value is -1.55. The number of halogens is 2. The Morgan fingerprint density at radius 2 is 2.10 bits per heavy atom. The molecule has 0 saturated heterocycles. The summed E-state index contributed by atoms with van der Waals surface area (Å²) < 4.78 is 14.6. The highest BCUT2D eigenvalue weighted by Crippen LogP contribution is 2.36. The van der Waals surface area contributed by atoms with Crippen molar-refractivity contribution in [2.24, 2.45) is 0 Å². The highest BCUT2D eigenvalue weighted by atomic mass is 79.9. The lowest BCUT2D eigenvalue weighted by Crippen LogP contribution is -2.18. The van der Waals surface area contributed by atoms with E-state index in [1.165, 1.54) is 11.6 Å². The molecule has 1 aliphatic rings. The largest absolute Gasteiger partial charge is 0.508 e. The van der Waals surface area contributed by atoms with Gasteiger partial charge in [0.1, 0.15) is 11.6 Å². The van der Waals surface area contributed by atoms with E-state index in [4.69, 9.17) is 0 Å². The molecule has 0 fully saturated rings. The fourth-order valence-corrected chi connectivity index (χ4v) is 3.20. The maximum Gasteiger partial charge on any atom is 0.147 e. The monoisotopic (exact) mass is 335 g/mol. The molecule has 4 heteroatoms. The fourth-order valence-electron chi connectivity index (χ4n) is 2.75. The van der Waals surface area contributed by atoms with Crippen molar-refractivity contribution in [3.63, 3.8) is 0 Å². The number of rotatable bonds is 2. The Kier molecular flexibility index (Phi) is 3.66. The van der Waals surface area contributed by atoms with Crippen molar-refractivity contribution in [3.05, 3.63) is 57.8 Å². The van der Waals surface area contributed by atoms with Gasteiger partial charge in [-0.2, -0.15) is 0 Å². The molecule has 1 unspecified atom stereocenters. The van der Waals surface area contributed by atoms with Gasteiger partial charge in [-0.25, -0.2) is 4.39 Å². The van der Waals surface area contributed by atoms with Crippen LogP contribution in [0.3, 0.4) is 0 Å². The van der Waals surface area contributed by atoms with Crippen molar-refractivity contribution in [1.82, 2.24) is 0 Å². The van der Waals surface area contributed by atoms with Gasteiger partial charge in [-0.1, -0.05) is 12.1 Å². The summed E-state index contributed by atoms with van der Waals surface area (Å²) in [7, 11) is 0. The molecule has 0 heterocycles. The van der Waals surface area contributed by atoms with Crippen LogP contribution in [0.5, 0.6) is 5.75 Å². The van der Waals surface area contributed by atoms with Gasteiger partial charge in [-0.15, -0.1) is 0 Å². The molecule has 1 aliphatic carbocycles. The first kappa shape index (κ1) is 13.4. The van der Waals surface area contributed by atoms with E-state index in [0.717, 1.165) is 24.8 Å². The first-order valence-corrected chi connectivity index (χ1v) is 7.47. The third-order valence-electron chi connectivity index (χ3n) is 3.73. The lowest BCUT2D eigenvalue weighted by atomic mass is 9.87. The molecule has 0 radical (unpaired) electrons. The molecule has 0 aliphatic heterocycles. The normalized spacial score (nSPS) is 17.6. The molecule has 3 rings (SSSR count). The average molecular weight is 336 g/mol. The minimum atomic E-state index is -0.272. The second kappa shape index (κ2) is 5.44. The summed E-state index contributed by atoms with van der Waals surface area (Å²) in [6.45, 7) is 0. The highest BCUT2D eigenvalue weighted by Gasteiger charge is 2.22. The molecule has 0 saturated carbocycles. The third-order valence-corrected chi connectivity index (χ3v) is 4.39. The molecule has 0 spiro atoms. The van der Waals surface area contributed by atoms with E-state index in [0.29, 0.717) is 10.2 Å². The van der Waals surface area contributed by atoms with Crippen LogP contribution in [0.2, 0.25) is 0 Å². The van der Waals surface area contributed by atoms with Gasteiger partial charge in [0, 0.05) is 4.47 Å². The van der Waals surface area contributed by atoms with Crippen LogP contribution in [0, 0.1) is 5.82 Å². The van der Waals surface area contributed by atoms with Crippen molar-refractivity contribution >= 4 is 21.6 Å². The number of aryl methyl sites for hydroxylation is 1. The number of hydrogen-bond donors (Lipinski definition) is 2. The topological polar surface area (TPSA) is 32.3 Å². The van der Waals surface area contributed by atoms with Crippen molar-refractivity contribution in [2.45, 2.75) is 25.3 Å². The van der Waals surface area contributed by atoms with Crippen molar-refractivity contribution < 1.29 is 9.50 Å². The number of phenolic OH excluding ortho intramolecular Hbond substituents is 1. The minimum Gasteiger partial charge on any atom is -0.508 e. The summed E-state index contributed by atoms with van der Waals surface area (Å²) in [5.74, 6) is -0.0169. The van der Waals surface area contributed by atoms with Crippen LogP contribution in [0.1, 0.15) is 30.0 Å². The number of anilines is 1. The fraction of sp³-hybridized carbons (Fsp3) is 0.250. The zero-order chi connectivity index (χ0) is 14.1. The first-order valence-electron chi connectivity index (χ1n) is 6.67. The smallest absolute Gasteiger partial charge is 0.147 e. The quantitative estimate of drug-likeness (QED) is 0.827. The van der Waals surface area contributed by atoms with Gasteiger partial charge in [0.2, 0.25) is 0 Å². The van der Waals surface area contributed by atoms with Crippen molar-refractivity contribution in [2.75, 3.05) is 5.32 Å². The van der Waals surface area contributed by atoms with Crippen LogP contribution in [0.25, 0.3) is 0 Å². The Morgan fingerprint density at radius 3 is 2.90 bits per heavy atom. The Balaban J connectivity index is 1.95. The molecular weight excluding hydrogens is 321 g/mol. The van der Waals surface area contributed by atoms with Crippen LogP contribution in [0.4, 0.5) is 10.1 Å². The summed E-state index contributed by atoms with van der Waals surface area (Å²) in [6, 6.07) is 10.4. The van der Waals surface area contributed by atoms with Crippen molar-refractivity contribution in [1.29, 1.82) is 0 Å². The lowest BCUT2D eigenvalue weighted by Gasteiger charge is -2.28. The number of para-hydroxylation sites is 1. The van der Waals surface area contributed by atoms with Crippen molar-refractivity contribution in [3.8, 4) is 5.75 Å². The second-order valence-corrected chi connectivity index (χ2v) is 5.92. The molecule has 2 N–H and O–H groups in total. The number of nitrogens with one attached hydrogen (secondary N) is 1. The number of hydrogen-bond acceptors (Lipinski definition) is 2. The van der Waals surface area contributed by atoms with Crippen LogP contribution < -0.4 is 5.32 Å². The zero-order valence-corrected chi connectivity index (χ0v) is 12.5. The average Bonchev–Trinajstić information content (AvgIpc) is 2.43. The van der Waals surface area contributed by atoms with Gasteiger partial charge in [0.15, 0.2) is 0 Å². The lowest BCUT2D eigenvalue weighted by molar-refractivity contribution is 0.471. The molecule has 1 atom stereocenters. The molecule has 104 valence electrons. The summed E-state index contributed by atoms with van der Waals surface area (Å²) in [5.41, 5.74) is 2.76. The standard InChI is InChI=1S/C16H15BrFNO/c17-13-4-2-5-14(18)16(13)19-15-6-1-3-10-7-8-11(20)9-12(10)15/h2,4-5,7-9,15,19-20H,1,3,6H2. The summed E-state index contributed by atoms with van der Waals surface area (Å²) in [4.78, 5) is 0. The molecule has 0 bridgehead atoms. The molecule has 2 nitrogen and oxygen atoms in total. The molecule has 2 aromatic carbocycles. The predicted octanol–water partition coefficient (Wildman–Crippen LogP) is 4.78. The van der Waals surface area contributed by atoms with E-state index in [1.807, 2.05) is 12.1 Å². The first-order chi connectivity index (χ1) is 9.65. The Bertz CT molecular complexity index is 624. The van der Waals surface area contributed by atoms with E-state index in [2.05, 4.69) is 21.2 Å². The molecular formula is C16H15BrFNO. The maximum absolute atomic E-state index is 13.9. The maximum atomic E-state index is 13.9. The number of fused-ring (bicyclic) bond motifs is 1. The van der Waals surface area contributed by atoms with E-state index in [9.17, 15) is 9.50 Å². The third kappa shape index (κ3) is 2.52. The minimum absolute atomic E-state index is 0.0269. The van der Waals surface area contributed by atoms with Gasteiger partial charge in [0.25, 0.3) is 0 Å². The van der Waals surface area contributed by atoms with Crippen LogP contribution in [-0.4, -0.2) is 5.11 Å². The highest BCUT2D eigenvalue weighted by molar-refractivity contribution is 9.10. The van der Waals surface area contributed by atoms with Gasteiger partial charge in [-0.3, -0.25) is 0 Å². The summed E-state index contributed by atoms with van der Waals surface area (Å²) in [6.07, 6.45) is 2.99. The number of benzene rings is 2. The van der Waals surface area contributed by atoms with E-state index < -0.39 is 0 Å². The van der Waals surface area contributed by atoms with E-state index in [-0.39, 0.29) is 17.6 Å². The Morgan fingerprint density at radius 1 is 1.25 bits per heavy atom. The van der Waals surface area contributed by atoms with Gasteiger partial charge >= 0.3 is 0 Å². The molecule has 0 amide bonds. The van der Waals surface area contributed by atoms with Gasteiger partial charge in [0.05, 0.1) is 11.7 Å². The Labute approximate surface area is 125 Å². The van der Waals surface area contributed by atoms with E-state index >= 15 is 0 Å². The van der Waals surface area contributed by atoms with Gasteiger partial charge < -0.3 is 10.4 Å². The summed E-state index contributed by atoms with van der Waals surface area (Å²) >= 11 is 3.38. The number of aromatic hydroxyl groups is 1. The second-order valence-electron chi connectivity index (χ2n) is 5.07.